The molecule has 0 heterocycles. The molecule has 3 nitrogen and oxygen atoms in total. The Morgan fingerprint density at radius 2 is 1.89 bits per heavy atom. The molecule has 2 aromatic carbocycles. The van der Waals surface area contributed by atoms with Gasteiger partial charge in [-0.3, -0.25) is 0 Å². The molecule has 0 amide bonds. The summed E-state index contributed by atoms with van der Waals surface area (Å²) in [5.41, 5.74) is 1.04. The minimum Gasteiger partial charge on any atom is -0.496 e. The SMILES string of the molecule is CCc1ccc2c(S(=O)(=O)Cl)cccc2c1OC. The summed E-state index contributed by atoms with van der Waals surface area (Å²) < 4.78 is 28.4. The van der Waals surface area contributed by atoms with Crippen LogP contribution in [0.3, 0.4) is 0 Å². The Balaban J connectivity index is 2.90. The highest BCUT2D eigenvalue weighted by Crippen LogP contribution is 2.34. The van der Waals surface area contributed by atoms with Crippen LogP contribution in [0.2, 0.25) is 0 Å². The second-order valence-corrected chi connectivity index (χ2v) is 6.43. The molecule has 0 aliphatic carbocycles. The number of hydrogen-bond acceptors (Lipinski definition) is 3. The standard InChI is InChI=1S/C13H13ClO3S/c1-3-9-7-8-10-11(13(9)17-2)5-4-6-12(10)18(14,15)16/h4-8H,3H2,1-2H3. The fourth-order valence-electron chi connectivity index (χ4n) is 2.08. The molecular formula is C13H13ClO3S. The lowest BCUT2D eigenvalue weighted by Crippen LogP contribution is -1.96. The Morgan fingerprint density at radius 3 is 2.44 bits per heavy atom. The van der Waals surface area contributed by atoms with E-state index < -0.39 is 9.05 Å². The van der Waals surface area contributed by atoms with Crippen LogP contribution < -0.4 is 4.74 Å². The molecule has 0 atom stereocenters. The number of hydrogen-bond donors (Lipinski definition) is 0. The van der Waals surface area contributed by atoms with Crippen molar-refractivity contribution >= 4 is 30.5 Å². The molecule has 18 heavy (non-hydrogen) atoms. The monoisotopic (exact) mass is 284 g/mol. The molecule has 96 valence electrons. The molecule has 5 heteroatoms. The van der Waals surface area contributed by atoms with Gasteiger partial charge in [-0.15, -0.1) is 0 Å². The molecule has 0 aliphatic rings. The molecule has 0 spiro atoms. The Hall–Kier alpha value is -1.26. The smallest absolute Gasteiger partial charge is 0.261 e. The van der Waals surface area contributed by atoms with E-state index in [4.69, 9.17) is 15.4 Å². The normalized spacial score (nSPS) is 11.7. The van der Waals surface area contributed by atoms with E-state index in [-0.39, 0.29) is 4.90 Å². The van der Waals surface area contributed by atoms with Gasteiger partial charge in [0.1, 0.15) is 5.75 Å². The molecule has 0 aliphatic heterocycles. The number of benzene rings is 2. The van der Waals surface area contributed by atoms with Crippen molar-refractivity contribution in [3.8, 4) is 5.75 Å². The van der Waals surface area contributed by atoms with Gasteiger partial charge in [0, 0.05) is 21.5 Å². The van der Waals surface area contributed by atoms with Crippen LogP contribution in [0.15, 0.2) is 35.2 Å². The number of rotatable bonds is 3. The quantitative estimate of drug-likeness (QED) is 0.812. The first kappa shape index (κ1) is 13.2. The third-order valence-corrected chi connectivity index (χ3v) is 4.28. The van der Waals surface area contributed by atoms with Crippen LogP contribution in [-0.2, 0) is 15.5 Å². The van der Waals surface area contributed by atoms with Gasteiger partial charge in [0.2, 0.25) is 0 Å². The fourth-order valence-corrected chi connectivity index (χ4v) is 3.16. The summed E-state index contributed by atoms with van der Waals surface area (Å²) in [6.45, 7) is 2.02. The maximum Gasteiger partial charge on any atom is 0.261 e. The van der Waals surface area contributed by atoms with Crippen molar-refractivity contribution in [1.82, 2.24) is 0 Å². The number of ether oxygens (including phenoxy) is 1. The summed E-state index contributed by atoms with van der Waals surface area (Å²) >= 11 is 0. The average molecular weight is 285 g/mol. The third kappa shape index (κ3) is 2.18. The molecule has 2 rings (SSSR count). The number of fused-ring (bicyclic) bond motifs is 1. The lowest BCUT2D eigenvalue weighted by atomic mass is 10.0. The minimum absolute atomic E-state index is 0.114. The van der Waals surface area contributed by atoms with Crippen molar-refractivity contribution in [3.63, 3.8) is 0 Å². The van der Waals surface area contributed by atoms with Gasteiger partial charge in [0.15, 0.2) is 0 Å². The first-order valence-corrected chi connectivity index (χ1v) is 7.83. The van der Waals surface area contributed by atoms with Crippen LogP contribution >= 0.6 is 10.7 Å². The van der Waals surface area contributed by atoms with Crippen LogP contribution in [0.1, 0.15) is 12.5 Å². The average Bonchev–Trinajstić information content (AvgIpc) is 2.35. The molecule has 0 radical (unpaired) electrons. The van der Waals surface area contributed by atoms with E-state index in [2.05, 4.69) is 0 Å². The van der Waals surface area contributed by atoms with Crippen molar-refractivity contribution in [3.05, 3.63) is 35.9 Å². The summed E-state index contributed by atoms with van der Waals surface area (Å²) in [5.74, 6) is 0.706. The van der Waals surface area contributed by atoms with Crippen molar-refractivity contribution in [2.24, 2.45) is 0 Å². The second kappa shape index (κ2) is 4.78. The molecular weight excluding hydrogens is 272 g/mol. The lowest BCUT2D eigenvalue weighted by Gasteiger charge is -2.12. The first-order chi connectivity index (χ1) is 8.49. The van der Waals surface area contributed by atoms with Gasteiger partial charge >= 0.3 is 0 Å². The van der Waals surface area contributed by atoms with E-state index in [0.717, 1.165) is 17.4 Å². The highest BCUT2D eigenvalue weighted by molar-refractivity contribution is 8.14. The van der Waals surface area contributed by atoms with Gasteiger partial charge < -0.3 is 4.74 Å². The van der Waals surface area contributed by atoms with E-state index in [1.165, 1.54) is 6.07 Å². The molecule has 0 fully saturated rings. The molecule has 0 aromatic heterocycles. The summed E-state index contributed by atoms with van der Waals surface area (Å²) in [6, 6.07) is 8.63. The fraction of sp³-hybridized carbons (Fsp3) is 0.231. The molecule has 2 aromatic rings. The first-order valence-electron chi connectivity index (χ1n) is 5.52. The Labute approximate surface area is 111 Å². The van der Waals surface area contributed by atoms with Crippen LogP contribution in [-0.4, -0.2) is 15.5 Å². The number of methoxy groups -OCH3 is 1. The predicted octanol–water partition coefficient (Wildman–Crippen LogP) is 3.34. The van der Waals surface area contributed by atoms with Crippen molar-refractivity contribution in [2.45, 2.75) is 18.2 Å². The summed E-state index contributed by atoms with van der Waals surface area (Å²) in [6.07, 6.45) is 0.816. The topological polar surface area (TPSA) is 43.4 Å². The zero-order valence-corrected chi connectivity index (χ0v) is 11.7. The van der Waals surface area contributed by atoms with E-state index in [9.17, 15) is 8.42 Å². The third-order valence-electron chi connectivity index (χ3n) is 2.90. The Morgan fingerprint density at radius 1 is 1.17 bits per heavy atom. The molecule has 0 saturated carbocycles. The second-order valence-electron chi connectivity index (χ2n) is 3.90. The van der Waals surface area contributed by atoms with Gasteiger partial charge in [0.05, 0.1) is 12.0 Å². The van der Waals surface area contributed by atoms with Crippen molar-refractivity contribution in [1.29, 1.82) is 0 Å². The number of halogens is 1. The maximum atomic E-state index is 11.5. The van der Waals surface area contributed by atoms with Gasteiger partial charge in [-0.2, -0.15) is 0 Å². The maximum absolute atomic E-state index is 11.5. The lowest BCUT2D eigenvalue weighted by molar-refractivity contribution is 0.415. The minimum atomic E-state index is -3.76. The largest absolute Gasteiger partial charge is 0.496 e. The summed E-state index contributed by atoms with van der Waals surface area (Å²) in [4.78, 5) is 0.114. The van der Waals surface area contributed by atoms with Gasteiger partial charge in [-0.05, 0) is 18.1 Å². The van der Waals surface area contributed by atoms with E-state index in [0.29, 0.717) is 11.1 Å². The van der Waals surface area contributed by atoms with E-state index in [1.807, 2.05) is 19.1 Å². The molecule has 0 unspecified atom stereocenters. The summed E-state index contributed by atoms with van der Waals surface area (Å²) in [5, 5.41) is 1.35. The Kier molecular flexibility index (Phi) is 3.50. The van der Waals surface area contributed by atoms with Crippen LogP contribution in [0.4, 0.5) is 0 Å². The predicted molar refractivity (Wildman–Crippen MR) is 72.9 cm³/mol. The van der Waals surface area contributed by atoms with Crippen LogP contribution in [0.5, 0.6) is 5.75 Å². The van der Waals surface area contributed by atoms with Crippen LogP contribution in [0.25, 0.3) is 10.8 Å². The highest BCUT2D eigenvalue weighted by atomic mass is 35.7. The highest BCUT2D eigenvalue weighted by Gasteiger charge is 2.16. The van der Waals surface area contributed by atoms with Gasteiger partial charge in [-0.25, -0.2) is 8.42 Å². The molecule has 0 saturated heterocycles. The van der Waals surface area contributed by atoms with E-state index in [1.54, 1.807) is 19.2 Å². The van der Waals surface area contributed by atoms with Crippen molar-refractivity contribution < 1.29 is 13.2 Å². The number of aryl methyl sites for hydroxylation is 1. The van der Waals surface area contributed by atoms with Crippen LogP contribution in [0, 0.1) is 0 Å². The summed E-state index contributed by atoms with van der Waals surface area (Å²) in [7, 11) is 3.26. The van der Waals surface area contributed by atoms with Gasteiger partial charge in [0.25, 0.3) is 9.05 Å². The molecule has 0 N–H and O–H groups in total. The zero-order chi connectivity index (χ0) is 13.3. The molecule has 0 bridgehead atoms. The zero-order valence-electron chi connectivity index (χ0n) is 10.1. The van der Waals surface area contributed by atoms with Gasteiger partial charge in [-0.1, -0.05) is 31.2 Å². The van der Waals surface area contributed by atoms with E-state index >= 15 is 0 Å². The Bertz CT molecular complexity index is 693. The van der Waals surface area contributed by atoms with Crippen molar-refractivity contribution in [2.75, 3.05) is 7.11 Å².